The highest BCUT2D eigenvalue weighted by Crippen LogP contribution is 2.36. The lowest BCUT2D eigenvalue weighted by Gasteiger charge is -2.24. The zero-order chi connectivity index (χ0) is 11.6. The molecule has 15 heavy (non-hydrogen) atoms. The maximum atomic E-state index is 5.54. The van der Waals surface area contributed by atoms with E-state index in [2.05, 4.69) is 52.8 Å². The summed E-state index contributed by atoms with van der Waals surface area (Å²) in [5.74, 6) is 2.31. The zero-order valence-electron chi connectivity index (χ0n) is 10.6. The van der Waals surface area contributed by atoms with Crippen molar-refractivity contribution in [3.63, 3.8) is 0 Å². The summed E-state index contributed by atoms with van der Waals surface area (Å²) in [6, 6.07) is 6.36. The first-order valence-corrected chi connectivity index (χ1v) is 5.36. The molecule has 0 fully saturated rings. The van der Waals surface area contributed by atoms with Crippen LogP contribution in [0.2, 0.25) is 0 Å². The van der Waals surface area contributed by atoms with Gasteiger partial charge in [-0.25, -0.2) is 0 Å². The summed E-state index contributed by atoms with van der Waals surface area (Å²) in [6.07, 6.45) is 0. The van der Waals surface area contributed by atoms with Crippen molar-refractivity contribution in [2.24, 2.45) is 0 Å². The van der Waals surface area contributed by atoms with Gasteiger partial charge in [-0.15, -0.1) is 0 Å². The van der Waals surface area contributed by atoms with Gasteiger partial charge in [0.25, 0.3) is 0 Å². The van der Waals surface area contributed by atoms with Gasteiger partial charge in [-0.2, -0.15) is 0 Å². The lowest BCUT2D eigenvalue weighted by Crippen LogP contribution is -2.14. The van der Waals surface area contributed by atoms with E-state index in [1.807, 2.05) is 0 Å². The van der Waals surface area contributed by atoms with E-state index in [4.69, 9.17) is 4.74 Å². The van der Waals surface area contributed by atoms with Crippen molar-refractivity contribution in [1.82, 2.24) is 0 Å². The summed E-state index contributed by atoms with van der Waals surface area (Å²) < 4.78 is 5.54. The zero-order valence-corrected chi connectivity index (χ0v) is 10.6. The van der Waals surface area contributed by atoms with Crippen LogP contribution in [0.1, 0.15) is 45.7 Å². The second-order valence-electron chi connectivity index (χ2n) is 5.14. The predicted molar refractivity (Wildman–Crippen MR) is 65.4 cm³/mol. The molecule has 0 aromatic heterocycles. The van der Waals surface area contributed by atoms with Gasteiger partial charge in [-0.1, -0.05) is 52.8 Å². The second kappa shape index (κ2) is 4.26. The smallest absolute Gasteiger partial charge is 0.126 e. The molecule has 1 heteroatoms. The van der Waals surface area contributed by atoms with E-state index in [1.165, 1.54) is 17.0 Å². The van der Waals surface area contributed by atoms with Crippen molar-refractivity contribution in [3.8, 4) is 5.75 Å². The Morgan fingerprint density at radius 3 is 2.13 bits per heavy atom. The summed E-state index contributed by atoms with van der Waals surface area (Å²) in [5.41, 5.74) is 2.60. The van der Waals surface area contributed by atoms with Gasteiger partial charge >= 0.3 is 0 Å². The molecule has 1 aromatic rings. The lowest BCUT2D eigenvalue weighted by molar-refractivity contribution is 0.394. The Balaban J connectivity index is 3.35. The van der Waals surface area contributed by atoms with E-state index < -0.39 is 0 Å². The van der Waals surface area contributed by atoms with Crippen LogP contribution in [-0.4, -0.2) is 7.11 Å². The van der Waals surface area contributed by atoms with Crippen LogP contribution >= 0.6 is 0 Å². The monoisotopic (exact) mass is 205 g/mol. The van der Waals surface area contributed by atoms with Gasteiger partial charge in [0, 0.05) is 11.5 Å². The van der Waals surface area contributed by atoms with Gasteiger partial charge < -0.3 is 4.74 Å². The summed E-state index contributed by atoms with van der Waals surface area (Å²) in [6.45, 7) is 10.9. The van der Waals surface area contributed by atoms with Crippen LogP contribution in [0.15, 0.2) is 18.2 Å². The summed E-state index contributed by atoms with van der Waals surface area (Å²) >= 11 is 0. The van der Waals surface area contributed by atoms with Crippen molar-refractivity contribution in [1.29, 1.82) is 0 Å². The van der Waals surface area contributed by atoms with Gasteiger partial charge in [-0.05, 0) is 11.0 Å². The molecule has 0 aliphatic heterocycles. The molecule has 0 unspecified atom stereocenters. The minimum atomic E-state index is 0.122. The van der Waals surface area contributed by atoms with E-state index in [9.17, 15) is 0 Å². The van der Waals surface area contributed by atoms with Crippen LogP contribution < -0.4 is 4.74 Å². The summed E-state index contributed by atoms with van der Waals surface area (Å²) in [4.78, 5) is 0. The topological polar surface area (TPSA) is 9.23 Å². The molecule has 0 bridgehead atoms. The van der Waals surface area contributed by atoms with Crippen LogP contribution in [0, 0.1) is 5.92 Å². The molecular weight excluding hydrogens is 184 g/mol. The van der Waals surface area contributed by atoms with Crippen molar-refractivity contribution in [2.45, 2.75) is 40.0 Å². The molecule has 0 amide bonds. The number of ether oxygens (including phenoxy) is 1. The first-order chi connectivity index (χ1) is 6.88. The van der Waals surface area contributed by atoms with Crippen LogP contribution in [0.3, 0.4) is 0 Å². The Morgan fingerprint density at radius 1 is 1.13 bits per heavy atom. The van der Waals surface area contributed by atoms with Crippen LogP contribution in [0.25, 0.3) is 0 Å². The highest BCUT2D eigenvalue weighted by molar-refractivity contribution is 5.50. The van der Waals surface area contributed by atoms with Gasteiger partial charge in [-0.3, -0.25) is 0 Å². The van der Waals surface area contributed by atoms with Crippen LogP contribution in [0.5, 0.6) is 5.75 Å². The third-order valence-electron chi connectivity index (χ3n) is 2.57. The van der Waals surface area contributed by atoms with E-state index in [0.717, 1.165) is 5.75 Å². The quantitative estimate of drug-likeness (QED) is 0.710. The maximum absolute atomic E-state index is 5.54. The lowest BCUT2D eigenvalue weighted by atomic mass is 9.84. The molecule has 0 heterocycles. The third kappa shape index (κ3) is 2.53. The van der Waals surface area contributed by atoms with E-state index in [0.29, 0.717) is 0 Å². The number of para-hydroxylation sites is 1. The molecule has 0 aliphatic carbocycles. The van der Waals surface area contributed by atoms with E-state index >= 15 is 0 Å². The maximum Gasteiger partial charge on any atom is 0.126 e. The Bertz CT molecular complexity index is 332. The van der Waals surface area contributed by atoms with Crippen LogP contribution in [0.4, 0.5) is 0 Å². The fourth-order valence-electron chi connectivity index (χ4n) is 1.74. The predicted octanol–water partition coefficient (Wildman–Crippen LogP) is 3.96. The minimum absolute atomic E-state index is 0.122. The normalized spacial score (nSPS) is 11.9. The van der Waals surface area contributed by atoms with E-state index in [-0.39, 0.29) is 5.41 Å². The number of hydrogen-bond acceptors (Lipinski definition) is 1. The van der Waals surface area contributed by atoms with E-state index in [1.54, 1.807) is 7.11 Å². The first kappa shape index (κ1) is 12.1. The highest BCUT2D eigenvalue weighted by Gasteiger charge is 2.21. The SMILES string of the molecule is COc1c([C](C)C)cccc1C(C)(C)C. The Morgan fingerprint density at radius 2 is 1.73 bits per heavy atom. The Labute approximate surface area is 93.5 Å². The van der Waals surface area contributed by atoms with Gasteiger partial charge in [0.2, 0.25) is 0 Å². The van der Waals surface area contributed by atoms with Gasteiger partial charge in [0.05, 0.1) is 7.11 Å². The average Bonchev–Trinajstić information content (AvgIpc) is 2.15. The van der Waals surface area contributed by atoms with Gasteiger partial charge in [0.15, 0.2) is 0 Å². The van der Waals surface area contributed by atoms with Gasteiger partial charge in [0.1, 0.15) is 5.75 Å². The number of hydrogen-bond donors (Lipinski definition) is 0. The number of benzene rings is 1. The summed E-state index contributed by atoms with van der Waals surface area (Å²) in [5, 5.41) is 0. The molecule has 1 radical (unpaired) electrons. The number of rotatable bonds is 2. The Hall–Kier alpha value is -0.980. The molecule has 1 nitrogen and oxygen atoms in total. The molecule has 0 N–H and O–H groups in total. The molecular formula is C14H21O. The van der Waals surface area contributed by atoms with Crippen LogP contribution in [-0.2, 0) is 5.41 Å². The van der Waals surface area contributed by atoms with Crippen molar-refractivity contribution in [2.75, 3.05) is 7.11 Å². The largest absolute Gasteiger partial charge is 0.496 e. The third-order valence-corrected chi connectivity index (χ3v) is 2.57. The average molecular weight is 205 g/mol. The second-order valence-corrected chi connectivity index (χ2v) is 5.14. The molecule has 0 aliphatic rings. The number of methoxy groups -OCH3 is 1. The molecule has 0 atom stereocenters. The molecule has 83 valence electrons. The van der Waals surface area contributed by atoms with Crippen molar-refractivity contribution >= 4 is 0 Å². The molecule has 0 saturated carbocycles. The molecule has 0 spiro atoms. The first-order valence-electron chi connectivity index (χ1n) is 5.36. The highest BCUT2D eigenvalue weighted by atomic mass is 16.5. The fraction of sp³-hybridized carbons (Fsp3) is 0.500. The standard InChI is InChI=1S/C14H21O/c1-10(2)11-8-7-9-12(13(11)15-6)14(3,4)5/h7-9H,1-6H3. The molecule has 0 saturated heterocycles. The fourth-order valence-corrected chi connectivity index (χ4v) is 1.74. The Kier molecular flexibility index (Phi) is 3.43. The minimum Gasteiger partial charge on any atom is -0.496 e. The molecule has 1 aromatic carbocycles. The summed E-state index contributed by atoms with van der Waals surface area (Å²) in [7, 11) is 1.75. The molecule has 1 rings (SSSR count). The van der Waals surface area contributed by atoms with Crippen molar-refractivity contribution in [3.05, 3.63) is 35.2 Å². The van der Waals surface area contributed by atoms with Crippen molar-refractivity contribution < 1.29 is 4.74 Å².